The quantitative estimate of drug-likeness (QED) is 0.854. The topological polar surface area (TPSA) is 20.2 Å². The first-order chi connectivity index (χ1) is 8.25. The van der Waals surface area contributed by atoms with Crippen molar-refractivity contribution < 1.29 is 5.11 Å². The van der Waals surface area contributed by atoms with Crippen LogP contribution in [0.2, 0.25) is 0 Å². The molecule has 0 aliphatic heterocycles. The average molecular weight is 246 g/mol. The van der Waals surface area contributed by atoms with Crippen molar-refractivity contribution in [2.24, 2.45) is 0 Å². The molecular formula is C15H18OS. The number of aryl methyl sites for hydroxylation is 2. The predicted molar refractivity (Wildman–Crippen MR) is 73.5 cm³/mol. The minimum atomic E-state index is -0.232. The van der Waals surface area contributed by atoms with E-state index in [2.05, 4.69) is 48.0 Å². The Morgan fingerprint density at radius 3 is 2.76 bits per heavy atom. The molecule has 1 nitrogen and oxygen atoms in total. The van der Waals surface area contributed by atoms with Gasteiger partial charge in [-0.25, -0.2) is 0 Å². The van der Waals surface area contributed by atoms with Crippen molar-refractivity contribution in [3.05, 3.63) is 57.8 Å². The maximum absolute atomic E-state index is 9.98. The highest BCUT2D eigenvalue weighted by molar-refractivity contribution is 7.07. The number of benzene rings is 1. The van der Waals surface area contributed by atoms with E-state index in [4.69, 9.17) is 0 Å². The van der Waals surface area contributed by atoms with Crippen LogP contribution in [0.1, 0.15) is 23.1 Å². The minimum absolute atomic E-state index is 0.232. The Bertz CT molecular complexity index is 448. The molecule has 0 saturated carbocycles. The van der Waals surface area contributed by atoms with Crippen LogP contribution in [0.15, 0.2) is 41.1 Å². The molecule has 0 amide bonds. The molecule has 1 aromatic carbocycles. The molecule has 0 radical (unpaired) electrons. The number of hydrogen-bond donors (Lipinski definition) is 1. The number of hydrogen-bond acceptors (Lipinski definition) is 2. The molecule has 1 aromatic heterocycles. The van der Waals surface area contributed by atoms with Crippen molar-refractivity contribution in [1.82, 2.24) is 0 Å². The molecule has 0 aliphatic carbocycles. The van der Waals surface area contributed by atoms with Gasteiger partial charge in [0.05, 0.1) is 6.10 Å². The zero-order valence-electron chi connectivity index (χ0n) is 10.1. The van der Waals surface area contributed by atoms with Gasteiger partial charge in [-0.15, -0.1) is 0 Å². The van der Waals surface area contributed by atoms with Gasteiger partial charge in [-0.2, -0.15) is 11.3 Å². The Labute approximate surface area is 107 Å². The summed E-state index contributed by atoms with van der Waals surface area (Å²) >= 11 is 1.69. The van der Waals surface area contributed by atoms with Crippen LogP contribution in [0.25, 0.3) is 0 Å². The van der Waals surface area contributed by atoms with Gasteiger partial charge in [-0.1, -0.05) is 24.3 Å². The molecule has 0 saturated heterocycles. The van der Waals surface area contributed by atoms with Crippen LogP contribution in [0.4, 0.5) is 0 Å². The molecule has 0 aliphatic rings. The first-order valence-corrected chi connectivity index (χ1v) is 6.93. The smallest absolute Gasteiger partial charge is 0.0584 e. The second kappa shape index (κ2) is 5.99. The summed E-state index contributed by atoms with van der Waals surface area (Å²) in [5.41, 5.74) is 3.90. The summed E-state index contributed by atoms with van der Waals surface area (Å²) in [6.07, 6.45) is 2.33. The van der Waals surface area contributed by atoms with Crippen LogP contribution >= 0.6 is 11.3 Å². The molecule has 90 valence electrons. The highest BCUT2D eigenvalue weighted by Gasteiger charge is 2.07. The summed E-state index contributed by atoms with van der Waals surface area (Å²) in [6.45, 7) is 2.13. The number of aliphatic hydroxyl groups excluding tert-OH is 1. The largest absolute Gasteiger partial charge is 0.393 e. The molecule has 1 N–H and O–H groups in total. The fourth-order valence-electron chi connectivity index (χ4n) is 2.00. The van der Waals surface area contributed by atoms with Gasteiger partial charge >= 0.3 is 0 Å². The van der Waals surface area contributed by atoms with Crippen LogP contribution < -0.4 is 0 Å². The molecule has 1 unspecified atom stereocenters. The maximum atomic E-state index is 9.98. The van der Waals surface area contributed by atoms with E-state index in [0.717, 1.165) is 19.3 Å². The van der Waals surface area contributed by atoms with Gasteiger partial charge in [0.15, 0.2) is 0 Å². The fraction of sp³-hybridized carbons (Fsp3) is 0.333. The lowest BCUT2D eigenvalue weighted by Crippen LogP contribution is -2.11. The Kier molecular flexibility index (Phi) is 4.35. The number of thiophene rings is 1. The lowest BCUT2D eigenvalue weighted by molar-refractivity contribution is 0.165. The highest BCUT2D eigenvalue weighted by Crippen LogP contribution is 2.14. The second-order valence-electron chi connectivity index (χ2n) is 4.45. The first-order valence-electron chi connectivity index (χ1n) is 5.99. The van der Waals surface area contributed by atoms with Gasteiger partial charge in [0, 0.05) is 0 Å². The standard InChI is InChI=1S/C15H18OS/c1-12-4-2-3-5-14(12)6-7-15(16)10-13-8-9-17-11-13/h2-5,8-9,11,15-16H,6-7,10H2,1H3. The molecule has 1 heterocycles. The lowest BCUT2D eigenvalue weighted by atomic mass is 10.00. The maximum Gasteiger partial charge on any atom is 0.0584 e. The van der Waals surface area contributed by atoms with E-state index < -0.39 is 0 Å². The molecule has 0 bridgehead atoms. The van der Waals surface area contributed by atoms with Gasteiger partial charge in [0.25, 0.3) is 0 Å². The average Bonchev–Trinajstić information content (AvgIpc) is 2.81. The van der Waals surface area contributed by atoms with E-state index in [1.807, 2.05) is 0 Å². The van der Waals surface area contributed by atoms with Gasteiger partial charge in [0.1, 0.15) is 0 Å². The van der Waals surface area contributed by atoms with Gasteiger partial charge in [-0.3, -0.25) is 0 Å². The van der Waals surface area contributed by atoms with Gasteiger partial charge in [-0.05, 0) is 59.7 Å². The van der Waals surface area contributed by atoms with E-state index in [1.165, 1.54) is 16.7 Å². The molecule has 0 fully saturated rings. The van der Waals surface area contributed by atoms with E-state index >= 15 is 0 Å². The van der Waals surface area contributed by atoms with E-state index in [0.29, 0.717) is 0 Å². The molecule has 1 atom stereocenters. The third-order valence-corrected chi connectivity index (χ3v) is 3.79. The van der Waals surface area contributed by atoms with Crippen molar-refractivity contribution in [1.29, 1.82) is 0 Å². The highest BCUT2D eigenvalue weighted by atomic mass is 32.1. The third kappa shape index (κ3) is 3.69. The van der Waals surface area contributed by atoms with Crippen LogP contribution in [0.5, 0.6) is 0 Å². The van der Waals surface area contributed by atoms with Crippen LogP contribution in [-0.2, 0) is 12.8 Å². The summed E-state index contributed by atoms with van der Waals surface area (Å²) in [5.74, 6) is 0. The molecule has 2 aromatic rings. The molecule has 0 spiro atoms. The Hall–Kier alpha value is -1.12. The summed E-state index contributed by atoms with van der Waals surface area (Å²) < 4.78 is 0. The van der Waals surface area contributed by atoms with Crippen molar-refractivity contribution in [2.75, 3.05) is 0 Å². The molecular weight excluding hydrogens is 228 g/mol. The zero-order chi connectivity index (χ0) is 12.1. The van der Waals surface area contributed by atoms with E-state index in [1.54, 1.807) is 11.3 Å². The monoisotopic (exact) mass is 246 g/mol. The molecule has 2 heteroatoms. The molecule has 2 rings (SSSR count). The Balaban J connectivity index is 1.84. The van der Waals surface area contributed by atoms with Crippen molar-refractivity contribution in [2.45, 2.75) is 32.3 Å². The number of aliphatic hydroxyl groups is 1. The van der Waals surface area contributed by atoms with Crippen LogP contribution in [0.3, 0.4) is 0 Å². The summed E-state index contributed by atoms with van der Waals surface area (Å²) in [7, 11) is 0. The Morgan fingerprint density at radius 2 is 2.06 bits per heavy atom. The first kappa shape index (κ1) is 12.3. The van der Waals surface area contributed by atoms with E-state index in [-0.39, 0.29) is 6.10 Å². The summed E-state index contributed by atoms with van der Waals surface area (Å²) in [5, 5.41) is 14.1. The SMILES string of the molecule is Cc1ccccc1CCC(O)Cc1ccsc1. The summed E-state index contributed by atoms with van der Waals surface area (Å²) in [4.78, 5) is 0. The van der Waals surface area contributed by atoms with Crippen LogP contribution in [0, 0.1) is 6.92 Å². The number of rotatable bonds is 5. The Morgan fingerprint density at radius 1 is 1.24 bits per heavy atom. The second-order valence-corrected chi connectivity index (χ2v) is 5.23. The van der Waals surface area contributed by atoms with Gasteiger partial charge < -0.3 is 5.11 Å². The normalized spacial score (nSPS) is 12.6. The fourth-order valence-corrected chi connectivity index (χ4v) is 2.68. The van der Waals surface area contributed by atoms with Gasteiger partial charge in [0.2, 0.25) is 0 Å². The van der Waals surface area contributed by atoms with Crippen molar-refractivity contribution >= 4 is 11.3 Å². The van der Waals surface area contributed by atoms with Crippen molar-refractivity contribution in [3.63, 3.8) is 0 Å². The van der Waals surface area contributed by atoms with Crippen molar-refractivity contribution in [3.8, 4) is 0 Å². The van der Waals surface area contributed by atoms with Crippen LogP contribution in [-0.4, -0.2) is 11.2 Å². The minimum Gasteiger partial charge on any atom is -0.393 e. The summed E-state index contributed by atoms with van der Waals surface area (Å²) in [6, 6.07) is 10.5. The lowest BCUT2D eigenvalue weighted by Gasteiger charge is -2.10. The zero-order valence-corrected chi connectivity index (χ0v) is 10.9. The predicted octanol–water partition coefficient (Wildman–Crippen LogP) is 3.59. The third-order valence-electron chi connectivity index (χ3n) is 3.06. The molecule has 17 heavy (non-hydrogen) atoms. The van der Waals surface area contributed by atoms with E-state index in [9.17, 15) is 5.11 Å².